The first-order chi connectivity index (χ1) is 7.31. The summed E-state index contributed by atoms with van der Waals surface area (Å²) >= 11 is 0. The average Bonchev–Trinajstić information content (AvgIpc) is 2.30. The number of hydrogen-bond acceptors (Lipinski definition) is 1. The molecule has 82 valence electrons. The van der Waals surface area contributed by atoms with Crippen molar-refractivity contribution >= 4 is 0 Å². The molecule has 2 heteroatoms. The van der Waals surface area contributed by atoms with E-state index in [-0.39, 0.29) is 5.82 Å². The summed E-state index contributed by atoms with van der Waals surface area (Å²) in [6, 6.07) is 5.46. The Bertz CT molecular complexity index is 329. The van der Waals surface area contributed by atoms with Gasteiger partial charge in [0.1, 0.15) is 5.82 Å². The van der Waals surface area contributed by atoms with Crippen LogP contribution in [0.3, 0.4) is 0 Å². The molecule has 1 aromatic carbocycles. The van der Waals surface area contributed by atoms with Crippen molar-refractivity contribution in [2.24, 2.45) is 5.73 Å². The van der Waals surface area contributed by atoms with Crippen molar-refractivity contribution in [3.05, 3.63) is 35.1 Å². The number of benzene rings is 1. The number of hydrogen-bond donors (Lipinski definition) is 1. The standard InChI is InChI=1S/C13H18FN/c14-13-8-10(9-15)6-7-12(13)11-4-2-1-3-5-11/h6-8,11H,1-5,9,15H2. The molecule has 1 nitrogen and oxygen atoms in total. The summed E-state index contributed by atoms with van der Waals surface area (Å²) in [5, 5.41) is 0. The first-order valence-electron chi connectivity index (χ1n) is 5.79. The highest BCUT2D eigenvalue weighted by atomic mass is 19.1. The van der Waals surface area contributed by atoms with Gasteiger partial charge in [0.15, 0.2) is 0 Å². The second-order valence-electron chi connectivity index (χ2n) is 4.39. The molecule has 1 aliphatic rings. The van der Waals surface area contributed by atoms with Crippen LogP contribution in [0.2, 0.25) is 0 Å². The Balaban J connectivity index is 2.19. The molecule has 0 unspecified atom stereocenters. The zero-order valence-corrected chi connectivity index (χ0v) is 9.01. The van der Waals surface area contributed by atoms with Gasteiger partial charge in [0.2, 0.25) is 0 Å². The predicted octanol–water partition coefficient (Wildman–Crippen LogP) is 3.33. The highest BCUT2D eigenvalue weighted by Crippen LogP contribution is 2.34. The second kappa shape index (κ2) is 4.75. The van der Waals surface area contributed by atoms with E-state index in [1.165, 1.54) is 19.3 Å². The molecule has 0 bridgehead atoms. The summed E-state index contributed by atoms with van der Waals surface area (Å²) in [7, 11) is 0. The third kappa shape index (κ3) is 2.37. The molecule has 2 N–H and O–H groups in total. The molecule has 1 aromatic rings. The lowest BCUT2D eigenvalue weighted by Gasteiger charge is -2.22. The Kier molecular flexibility index (Phi) is 3.37. The smallest absolute Gasteiger partial charge is 0.126 e. The fraction of sp³-hybridized carbons (Fsp3) is 0.538. The molecule has 0 amide bonds. The minimum absolute atomic E-state index is 0.0650. The van der Waals surface area contributed by atoms with E-state index < -0.39 is 0 Å². The van der Waals surface area contributed by atoms with E-state index in [9.17, 15) is 4.39 Å². The van der Waals surface area contributed by atoms with Crippen molar-refractivity contribution in [1.82, 2.24) is 0 Å². The van der Waals surface area contributed by atoms with E-state index in [2.05, 4.69) is 0 Å². The molecule has 1 aliphatic carbocycles. The van der Waals surface area contributed by atoms with Gasteiger partial charge in [0.05, 0.1) is 0 Å². The minimum Gasteiger partial charge on any atom is -0.326 e. The van der Waals surface area contributed by atoms with Crippen LogP contribution in [0.1, 0.15) is 49.1 Å². The first-order valence-corrected chi connectivity index (χ1v) is 5.79. The van der Waals surface area contributed by atoms with E-state index in [1.807, 2.05) is 12.1 Å². The number of rotatable bonds is 2. The van der Waals surface area contributed by atoms with Gasteiger partial charge in [-0.15, -0.1) is 0 Å². The van der Waals surface area contributed by atoms with Crippen LogP contribution in [0.4, 0.5) is 4.39 Å². The lowest BCUT2D eigenvalue weighted by atomic mass is 9.83. The topological polar surface area (TPSA) is 26.0 Å². The monoisotopic (exact) mass is 207 g/mol. The van der Waals surface area contributed by atoms with E-state index in [0.29, 0.717) is 12.5 Å². The van der Waals surface area contributed by atoms with Gasteiger partial charge in [0, 0.05) is 6.54 Å². The van der Waals surface area contributed by atoms with E-state index in [1.54, 1.807) is 6.07 Å². The third-order valence-corrected chi connectivity index (χ3v) is 3.35. The molecule has 0 aromatic heterocycles. The normalized spacial score (nSPS) is 18.0. The summed E-state index contributed by atoms with van der Waals surface area (Å²) in [4.78, 5) is 0. The van der Waals surface area contributed by atoms with Crippen LogP contribution < -0.4 is 5.73 Å². The van der Waals surface area contributed by atoms with Gasteiger partial charge in [-0.2, -0.15) is 0 Å². The first kappa shape index (κ1) is 10.6. The minimum atomic E-state index is -0.0650. The van der Waals surface area contributed by atoms with Gasteiger partial charge in [-0.25, -0.2) is 4.39 Å². The van der Waals surface area contributed by atoms with Crippen molar-refractivity contribution in [2.75, 3.05) is 0 Å². The maximum atomic E-state index is 13.8. The molecule has 0 spiro atoms. The number of halogens is 1. The lowest BCUT2D eigenvalue weighted by Crippen LogP contribution is -2.07. The lowest BCUT2D eigenvalue weighted by molar-refractivity contribution is 0.429. The van der Waals surface area contributed by atoms with Gasteiger partial charge < -0.3 is 5.73 Å². The highest BCUT2D eigenvalue weighted by molar-refractivity contribution is 5.27. The van der Waals surface area contributed by atoms with E-state index >= 15 is 0 Å². The maximum absolute atomic E-state index is 13.8. The average molecular weight is 207 g/mol. The van der Waals surface area contributed by atoms with Crippen LogP contribution in [0, 0.1) is 5.82 Å². The summed E-state index contributed by atoms with van der Waals surface area (Å²) in [5.41, 5.74) is 7.26. The fourth-order valence-corrected chi connectivity index (χ4v) is 2.44. The van der Waals surface area contributed by atoms with Crippen LogP contribution in [-0.2, 0) is 6.54 Å². The zero-order chi connectivity index (χ0) is 10.7. The van der Waals surface area contributed by atoms with Crippen molar-refractivity contribution in [1.29, 1.82) is 0 Å². The maximum Gasteiger partial charge on any atom is 0.126 e. The van der Waals surface area contributed by atoms with Gasteiger partial charge in [-0.05, 0) is 36.0 Å². The van der Waals surface area contributed by atoms with Gasteiger partial charge in [0.25, 0.3) is 0 Å². The molecule has 0 saturated heterocycles. The third-order valence-electron chi connectivity index (χ3n) is 3.35. The Labute approximate surface area is 90.5 Å². The summed E-state index contributed by atoms with van der Waals surface area (Å²) in [6.45, 7) is 0.419. The van der Waals surface area contributed by atoms with Crippen LogP contribution in [0.15, 0.2) is 18.2 Å². The Morgan fingerprint density at radius 3 is 2.53 bits per heavy atom. The van der Waals surface area contributed by atoms with E-state index in [4.69, 9.17) is 5.73 Å². The summed E-state index contributed by atoms with van der Waals surface area (Å²) in [6.07, 6.45) is 6.06. The second-order valence-corrected chi connectivity index (χ2v) is 4.39. The van der Waals surface area contributed by atoms with Crippen LogP contribution in [0.5, 0.6) is 0 Å². The molecule has 1 fully saturated rings. The Morgan fingerprint density at radius 1 is 1.20 bits per heavy atom. The van der Waals surface area contributed by atoms with Crippen LogP contribution in [-0.4, -0.2) is 0 Å². The molecule has 0 radical (unpaired) electrons. The van der Waals surface area contributed by atoms with Crippen LogP contribution in [0.25, 0.3) is 0 Å². The van der Waals surface area contributed by atoms with Crippen molar-refractivity contribution in [3.8, 4) is 0 Å². The SMILES string of the molecule is NCc1ccc(C2CCCCC2)c(F)c1. The molecule has 1 saturated carbocycles. The zero-order valence-electron chi connectivity index (χ0n) is 9.01. The van der Waals surface area contributed by atoms with Crippen molar-refractivity contribution in [3.63, 3.8) is 0 Å². The van der Waals surface area contributed by atoms with Crippen molar-refractivity contribution < 1.29 is 4.39 Å². The largest absolute Gasteiger partial charge is 0.326 e. The van der Waals surface area contributed by atoms with Gasteiger partial charge in [-0.3, -0.25) is 0 Å². The van der Waals surface area contributed by atoms with Crippen LogP contribution >= 0.6 is 0 Å². The molecular weight excluding hydrogens is 189 g/mol. The molecule has 15 heavy (non-hydrogen) atoms. The molecule has 2 rings (SSSR count). The molecule has 0 aliphatic heterocycles. The Morgan fingerprint density at radius 2 is 1.93 bits per heavy atom. The Hall–Kier alpha value is -0.890. The highest BCUT2D eigenvalue weighted by Gasteiger charge is 2.18. The van der Waals surface area contributed by atoms with E-state index in [0.717, 1.165) is 24.0 Å². The quantitative estimate of drug-likeness (QED) is 0.791. The fourth-order valence-electron chi connectivity index (χ4n) is 2.44. The molecular formula is C13H18FN. The molecule has 0 atom stereocenters. The summed E-state index contributed by atoms with van der Waals surface area (Å²) < 4.78 is 13.8. The predicted molar refractivity (Wildman–Crippen MR) is 60.1 cm³/mol. The number of nitrogens with two attached hydrogens (primary N) is 1. The van der Waals surface area contributed by atoms with Crippen molar-refractivity contribution in [2.45, 2.75) is 44.6 Å². The summed E-state index contributed by atoms with van der Waals surface area (Å²) in [5.74, 6) is 0.371. The van der Waals surface area contributed by atoms with Gasteiger partial charge >= 0.3 is 0 Å². The molecule has 0 heterocycles. The van der Waals surface area contributed by atoms with Gasteiger partial charge in [-0.1, -0.05) is 31.4 Å².